The smallest absolute Gasteiger partial charge is 0.176 e. The number of nitriles is 2. The molecule has 0 aromatic heterocycles. The summed E-state index contributed by atoms with van der Waals surface area (Å²) in [4.78, 5) is 8.25. The number of aromatic hydroxyl groups is 2. The van der Waals surface area contributed by atoms with Crippen LogP contribution in [-0.2, 0) is 0 Å². The predicted octanol–water partition coefficient (Wildman–Crippen LogP) is 5.20. The molecule has 4 aromatic carbocycles. The van der Waals surface area contributed by atoms with Gasteiger partial charge in [-0.1, -0.05) is 60.7 Å². The van der Waals surface area contributed by atoms with E-state index in [-0.39, 0.29) is 22.9 Å². The summed E-state index contributed by atoms with van der Waals surface area (Å²) in [6, 6.07) is 25.3. The molecular formula is C26H16N4O2. The second-order valence-electron chi connectivity index (χ2n) is 6.88. The normalized spacial score (nSPS) is 12.2. The zero-order valence-electron chi connectivity index (χ0n) is 16.8. The van der Waals surface area contributed by atoms with E-state index in [1.807, 2.05) is 60.7 Å². The minimum absolute atomic E-state index is 0.00688. The standard InChI is InChI=1S/C26H16N4O2/c27-13-23(29-15-21-19-7-3-1-5-17(19)9-11-25(21)31)24(14-28)30-16-22-20-8-4-2-6-18(20)10-12-26(22)32/h1-12,15-16,31-32H/b24-23+,29-15?,30-16?. The van der Waals surface area contributed by atoms with E-state index in [4.69, 9.17) is 0 Å². The second kappa shape index (κ2) is 8.83. The van der Waals surface area contributed by atoms with Crippen LogP contribution in [-0.4, -0.2) is 22.6 Å². The highest BCUT2D eigenvalue weighted by Gasteiger charge is 2.09. The maximum Gasteiger partial charge on any atom is 0.176 e. The van der Waals surface area contributed by atoms with E-state index in [1.165, 1.54) is 12.4 Å². The summed E-state index contributed by atoms with van der Waals surface area (Å²) in [6.07, 6.45) is 2.69. The van der Waals surface area contributed by atoms with Crippen molar-refractivity contribution in [2.45, 2.75) is 0 Å². The minimum Gasteiger partial charge on any atom is -0.507 e. The average molecular weight is 416 g/mol. The SMILES string of the molecule is N#C/C(N=Cc1c(O)ccc2ccccc12)=C(/C#N)N=Cc1c(O)ccc2ccccc12. The highest BCUT2D eigenvalue weighted by Crippen LogP contribution is 2.27. The van der Waals surface area contributed by atoms with Crippen LogP contribution in [0.4, 0.5) is 0 Å². The van der Waals surface area contributed by atoms with Gasteiger partial charge >= 0.3 is 0 Å². The van der Waals surface area contributed by atoms with Crippen molar-refractivity contribution < 1.29 is 10.2 Å². The Labute approximate surface area is 184 Å². The number of nitrogens with zero attached hydrogens (tertiary/aromatic N) is 4. The minimum atomic E-state index is -0.212. The second-order valence-corrected chi connectivity index (χ2v) is 6.88. The maximum atomic E-state index is 10.3. The molecule has 0 spiro atoms. The lowest BCUT2D eigenvalue weighted by Gasteiger charge is -2.05. The molecule has 0 saturated carbocycles. The first-order valence-electron chi connectivity index (χ1n) is 9.66. The highest BCUT2D eigenvalue weighted by molar-refractivity contribution is 6.03. The van der Waals surface area contributed by atoms with Gasteiger partial charge in [0.15, 0.2) is 11.4 Å². The molecular weight excluding hydrogens is 400 g/mol. The van der Waals surface area contributed by atoms with Crippen LogP contribution < -0.4 is 0 Å². The van der Waals surface area contributed by atoms with Crippen LogP contribution in [0.1, 0.15) is 11.1 Å². The Kier molecular flexibility index (Phi) is 5.61. The van der Waals surface area contributed by atoms with Crippen molar-refractivity contribution in [3.8, 4) is 23.6 Å². The molecule has 4 aromatic rings. The van der Waals surface area contributed by atoms with Gasteiger partial charge in [-0.3, -0.25) is 0 Å². The Hall–Kier alpha value is -4.94. The van der Waals surface area contributed by atoms with Gasteiger partial charge in [0.25, 0.3) is 0 Å². The van der Waals surface area contributed by atoms with Crippen LogP contribution in [0.2, 0.25) is 0 Å². The van der Waals surface area contributed by atoms with Gasteiger partial charge < -0.3 is 10.2 Å². The number of hydrogen-bond acceptors (Lipinski definition) is 6. The average Bonchev–Trinajstić information content (AvgIpc) is 2.83. The molecule has 32 heavy (non-hydrogen) atoms. The molecule has 0 atom stereocenters. The molecule has 0 unspecified atom stereocenters. The van der Waals surface area contributed by atoms with Gasteiger partial charge in [0.05, 0.1) is 0 Å². The van der Waals surface area contributed by atoms with Crippen molar-refractivity contribution in [2.24, 2.45) is 9.98 Å². The largest absolute Gasteiger partial charge is 0.507 e. The van der Waals surface area contributed by atoms with Crippen molar-refractivity contribution in [1.29, 1.82) is 10.5 Å². The lowest BCUT2D eigenvalue weighted by molar-refractivity contribution is 0.475. The number of hydrogen-bond donors (Lipinski definition) is 2. The monoisotopic (exact) mass is 416 g/mol. The van der Waals surface area contributed by atoms with Crippen LogP contribution in [0, 0.1) is 22.7 Å². The summed E-state index contributed by atoms with van der Waals surface area (Å²) < 4.78 is 0. The van der Waals surface area contributed by atoms with Crippen LogP contribution in [0.25, 0.3) is 21.5 Å². The third-order valence-electron chi connectivity index (χ3n) is 4.98. The molecule has 0 heterocycles. The first-order valence-corrected chi connectivity index (χ1v) is 9.66. The molecule has 0 aliphatic rings. The van der Waals surface area contributed by atoms with Crippen LogP contribution in [0.3, 0.4) is 0 Å². The maximum absolute atomic E-state index is 10.3. The molecule has 6 nitrogen and oxygen atoms in total. The molecule has 152 valence electrons. The fourth-order valence-electron chi connectivity index (χ4n) is 3.38. The van der Waals surface area contributed by atoms with Crippen molar-refractivity contribution in [3.63, 3.8) is 0 Å². The van der Waals surface area contributed by atoms with Gasteiger partial charge in [-0.25, -0.2) is 9.98 Å². The molecule has 0 aliphatic heterocycles. The number of benzene rings is 4. The third kappa shape index (κ3) is 3.89. The zero-order valence-corrected chi connectivity index (χ0v) is 16.8. The van der Waals surface area contributed by atoms with E-state index >= 15 is 0 Å². The number of phenolic OH excluding ortho intramolecular Hbond substituents is 2. The van der Waals surface area contributed by atoms with Gasteiger partial charge in [-0.15, -0.1) is 0 Å². The highest BCUT2D eigenvalue weighted by atomic mass is 16.3. The number of allylic oxidation sites excluding steroid dienone is 2. The summed E-state index contributed by atoms with van der Waals surface area (Å²) in [5.74, 6) is 0.0138. The molecule has 0 saturated heterocycles. The molecule has 0 bridgehead atoms. The number of fused-ring (bicyclic) bond motifs is 2. The van der Waals surface area contributed by atoms with Crippen molar-refractivity contribution in [2.75, 3.05) is 0 Å². The van der Waals surface area contributed by atoms with Crippen LogP contribution in [0.5, 0.6) is 11.5 Å². The Morgan fingerprint density at radius 2 is 1.03 bits per heavy atom. The van der Waals surface area contributed by atoms with Crippen molar-refractivity contribution in [1.82, 2.24) is 0 Å². The van der Waals surface area contributed by atoms with E-state index < -0.39 is 0 Å². The lowest BCUT2D eigenvalue weighted by Crippen LogP contribution is -1.91. The molecule has 6 heteroatoms. The fourth-order valence-corrected chi connectivity index (χ4v) is 3.38. The summed E-state index contributed by atoms with van der Waals surface area (Å²) in [6.45, 7) is 0. The summed E-state index contributed by atoms with van der Waals surface area (Å²) in [7, 11) is 0. The summed E-state index contributed by atoms with van der Waals surface area (Å²) in [5.41, 5.74) is 0.444. The molecule has 0 fully saturated rings. The van der Waals surface area contributed by atoms with Gasteiger partial charge in [0.1, 0.15) is 23.6 Å². The van der Waals surface area contributed by atoms with Crippen LogP contribution in [0.15, 0.2) is 94.2 Å². The fraction of sp³-hybridized carbons (Fsp3) is 0. The molecule has 0 amide bonds. The molecule has 2 N–H and O–H groups in total. The summed E-state index contributed by atoms with van der Waals surface area (Å²) in [5, 5.41) is 43.0. The number of aliphatic imine (C=N–C) groups is 2. The lowest BCUT2D eigenvalue weighted by atomic mass is 10.0. The predicted molar refractivity (Wildman–Crippen MR) is 125 cm³/mol. The first kappa shape index (κ1) is 20.3. The number of phenols is 2. The van der Waals surface area contributed by atoms with E-state index in [0.717, 1.165) is 21.5 Å². The number of rotatable bonds is 4. The van der Waals surface area contributed by atoms with E-state index in [1.54, 1.807) is 24.3 Å². The Morgan fingerprint density at radius 3 is 1.44 bits per heavy atom. The quantitative estimate of drug-likeness (QED) is 0.351. The van der Waals surface area contributed by atoms with Crippen molar-refractivity contribution >= 4 is 34.0 Å². The first-order chi connectivity index (χ1) is 15.6. The van der Waals surface area contributed by atoms with E-state index in [2.05, 4.69) is 9.98 Å². The molecule has 4 rings (SSSR count). The van der Waals surface area contributed by atoms with Gasteiger partial charge in [-0.2, -0.15) is 10.5 Å². The Morgan fingerprint density at radius 1 is 0.625 bits per heavy atom. The van der Waals surface area contributed by atoms with Crippen molar-refractivity contribution in [3.05, 3.63) is 95.3 Å². The van der Waals surface area contributed by atoms with Gasteiger partial charge in [0.2, 0.25) is 0 Å². The zero-order chi connectivity index (χ0) is 22.5. The summed E-state index contributed by atoms with van der Waals surface area (Å²) >= 11 is 0. The Balaban J connectivity index is 1.77. The van der Waals surface area contributed by atoms with Crippen LogP contribution >= 0.6 is 0 Å². The van der Waals surface area contributed by atoms with E-state index in [0.29, 0.717) is 11.1 Å². The van der Waals surface area contributed by atoms with E-state index in [9.17, 15) is 20.7 Å². The Bertz CT molecular complexity index is 1400. The van der Waals surface area contributed by atoms with Gasteiger partial charge in [0, 0.05) is 23.6 Å². The molecule has 0 radical (unpaired) electrons. The topological polar surface area (TPSA) is 113 Å². The third-order valence-corrected chi connectivity index (χ3v) is 4.98. The molecule has 0 aliphatic carbocycles. The van der Waals surface area contributed by atoms with Gasteiger partial charge in [-0.05, 0) is 33.7 Å².